The van der Waals surface area contributed by atoms with Crippen LogP contribution in [0.5, 0.6) is 0 Å². The molecular weight excluding hydrogens is 596 g/mol. The van der Waals surface area contributed by atoms with Gasteiger partial charge in [-0.3, -0.25) is 9.69 Å². The zero-order chi connectivity index (χ0) is 33.5. The van der Waals surface area contributed by atoms with E-state index in [2.05, 4.69) is 43.1 Å². The highest BCUT2D eigenvalue weighted by Crippen LogP contribution is 2.36. The molecule has 3 atom stereocenters. The smallest absolute Gasteiger partial charge is 0.326 e. The van der Waals surface area contributed by atoms with Crippen LogP contribution in [0.2, 0.25) is 0 Å². The van der Waals surface area contributed by atoms with Crippen molar-refractivity contribution in [3.63, 3.8) is 0 Å². The molecule has 1 saturated heterocycles. The highest BCUT2D eigenvalue weighted by Gasteiger charge is 2.35. The van der Waals surface area contributed by atoms with Crippen LogP contribution in [0.15, 0.2) is 42.5 Å². The summed E-state index contributed by atoms with van der Waals surface area (Å²) in [4.78, 5) is 28.0. The summed E-state index contributed by atoms with van der Waals surface area (Å²) >= 11 is 1.58. The summed E-state index contributed by atoms with van der Waals surface area (Å²) in [6.07, 6.45) is 12.8. The molecule has 8 heteroatoms. The van der Waals surface area contributed by atoms with Crippen LogP contribution in [0.4, 0.5) is 0 Å². The number of hydrogen-bond donors (Lipinski definition) is 2. The second kappa shape index (κ2) is 20.1. The molecule has 4 rings (SSSR count). The summed E-state index contributed by atoms with van der Waals surface area (Å²) in [6, 6.07) is 14.2. The molecule has 1 aliphatic heterocycles. The molecular formula is C38H58N2O5S. The lowest BCUT2D eigenvalue weighted by Gasteiger charge is -2.33. The highest BCUT2D eigenvalue weighted by molar-refractivity contribution is 7.98. The minimum atomic E-state index is -1.00. The van der Waals surface area contributed by atoms with E-state index in [1.807, 2.05) is 36.6 Å². The van der Waals surface area contributed by atoms with E-state index in [0.717, 1.165) is 48.8 Å². The van der Waals surface area contributed by atoms with Crippen molar-refractivity contribution in [3.05, 3.63) is 59.2 Å². The van der Waals surface area contributed by atoms with Crippen molar-refractivity contribution in [1.29, 1.82) is 0 Å². The number of benzene rings is 2. The summed E-state index contributed by atoms with van der Waals surface area (Å²) in [5, 5.41) is 12.5. The Labute approximate surface area is 282 Å². The van der Waals surface area contributed by atoms with Crippen LogP contribution in [0.25, 0.3) is 11.1 Å². The summed E-state index contributed by atoms with van der Waals surface area (Å²) in [5.41, 5.74) is 4.62. The normalized spacial score (nSPS) is 19.5. The van der Waals surface area contributed by atoms with Crippen LogP contribution in [-0.4, -0.2) is 79.5 Å². The van der Waals surface area contributed by atoms with Gasteiger partial charge in [-0.1, -0.05) is 76.3 Å². The number of rotatable bonds is 15. The van der Waals surface area contributed by atoms with Crippen molar-refractivity contribution < 1.29 is 24.2 Å². The fourth-order valence-corrected chi connectivity index (χ4v) is 7.44. The van der Waals surface area contributed by atoms with Crippen LogP contribution in [-0.2, 0) is 20.8 Å². The number of carboxylic acids is 1. The average molecular weight is 655 g/mol. The lowest BCUT2D eigenvalue weighted by atomic mass is 9.84. The zero-order valence-corrected chi connectivity index (χ0v) is 29.9. The van der Waals surface area contributed by atoms with Gasteiger partial charge in [-0.05, 0) is 90.8 Å². The molecule has 7 nitrogen and oxygen atoms in total. The number of methoxy groups -OCH3 is 2. The maximum absolute atomic E-state index is 13.5. The number of nitrogens with zero attached hydrogens (tertiary/aromatic N) is 1. The predicted molar refractivity (Wildman–Crippen MR) is 191 cm³/mol. The number of aliphatic carboxylic acids is 1. The molecule has 1 heterocycles. The summed E-state index contributed by atoms with van der Waals surface area (Å²) in [5.74, 6) is 0.825. The van der Waals surface area contributed by atoms with Gasteiger partial charge in [0.2, 0.25) is 0 Å². The average Bonchev–Trinajstić information content (AvgIpc) is 3.40. The number of hydrogen-bond acceptors (Lipinski definition) is 6. The van der Waals surface area contributed by atoms with Crippen LogP contribution >= 0.6 is 11.8 Å². The summed E-state index contributed by atoms with van der Waals surface area (Å²) in [6.45, 7) is 8.74. The largest absolute Gasteiger partial charge is 0.480 e. The monoisotopic (exact) mass is 654 g/mol. The Hall–Kier alpha value is -2.39. The topological polar surface area (TPSA) is 88.1 Å². The Morgan fingerprint density at radius 1 is 0.978 bits per heavy atom. The molecule has 1 aliphatic carbocycles. The summed E-state index contributed by atoms with van der Waals surface area (Å²) in [7, 11) is 3.51. The third kappa shape index (κ3) is 11.7. The molecule has 2 aromatic carbocycles. The van der Waals surface area contributed by atoms with Gasteiger partial charge in [-0.15, -0.1) is 0 Å². The first-order valence-corrected chi connectivity index (χ1v) is 18.5. The number of carboxylic acid groups (broad SMARTS) is 1. The van der Waals surface area contributed by atoms with E-state index in [-0.39, 0.29) is 5.91 Å². The Bertz CT molecular complexity index is 1220. The zero-order valence-electron chi connectivity index (χ0n) is 29.1. The van der Waals surface area contributed by atoms with E-state index in [9.17, 15) is 14.7 Å². The van der Waals surface area contributed by atoms with Crippen LogP contribution in [0.3, 0.4) is 0 Å². The molecule has 2 fully saturated rings. The van der Waals surface area contributed by atoms with E-state index in [1.165, 1.54) is 50.5 Å². The molecule has 2 N–H and O–H groups in total. The van der Waals surface area contributed by atoms with E-state index in [0.29, 0.717) is 35.7 Å². The molecule has 3 unspecified atom stereocenters. The van der Waals surface area contributed by atoms with E-state index in [1.54, 1.807) is 26.0 Å². The molecule has 0 spiro atoms. The Kier molecular flexibility index (Phi) is 16.6. The van der Waals surface area contributed by atoms with Crippen LogP contribution in [0.1, 0.15) is 93.1 Å². The Morgan fingerprint density at radius 2 is 1.70 bits per heavy atom. The van der Waals surface area contributed by atoms with Gasteiger partial charge in [-0.2, -0.15) is 11.8 Å². The maximum atomic E-state index is 13.5. The first kappa shape index (κ1) is 38.1. The molecule has 0 aromatic heterocycles. The highest BCUT2D eigenvalue weighted by atomic mass is 32.2. The summed E-state index contributed by atoms with van der Waals surface area (Å²) < 4.78 is 10.4. The third-order valence-electron chi connectivity index (χ3n) is 9.30. The van der Waals surface area contributed by atoms with Crippen molar-refractivity contribution in [2.75, 3.05) is 39.4 Å². The lowest BCUT2D eigenvalue weighted by molar-refractivity contribution is -0.139. The minimum absolute atomic E-state index is 0.341. The van der Waals surface area contributed by atoms with Gasteiger partial charge in [0.15, 0.2) is 0 Å². The van der Waals surface area contributed by atoms with Crippen LogP contribution < -0.4 is 5.32 Å². The van der Waals surface area contributed by atoms with Crippen molar-refractivity contribution in [1.82, 2.24) is 10.2 Å². The molecule has 0 radical (unpaired) electrons. The molecule has 2 aromatic rings. The van der Waals surface area contributed by atoms with Gasteiger partial charge in [0.1, 0.15) is 6.04 Å². The van der Waals surface area contributed by atoms with Gasteiger partial charge in [0.05, 0.1) is 6.61 Å². The van der Waals surface area contributed by atoms with Gasteiger partial charge in [-0.25, -0.2) is 4.79 Å². The second-order valence-electron chi connectivity index (χ2n) is 13.4. The Morgan fingerprint density at radius 3 is 2.30 bits per heavy atom. The SMILES string of the molecule is COCC(C)C.COCC1CCC(CC2CCCCC2)N1Cc1ccc(C(=O)NC(CCSC)C(=O)O)c(-c2ccccc2C)c1. The number of thioether (sulfide) groups is 1. The van der Waals surface area contributed by atoms with Gasteiger partial charge in [0.25, 0.3) is 5.91 Å². The van der Waals surface area contributed by atoms with Gasteiger partial charge < -0.3 is 19.9 Å². The number of amides is 1. The first-order chi connectivity index (χ1) is 22.2. The number of aryl methyl sites for hydroxylation is 1. The molecule has 46 heavy (non-hydrogen) atoms. The molecule has 2 aliphatic rings. The number of nitrogens with one attached hydrogen (secondary N) is 1. The van der Waals surface area contributed by atoms with Crippen molar-refractivity contribution in [3.8, 4) is 11.1 Å². The second-order valence-corrected chi connectivity index (χ2v) is 14.4. The van der Waals surface area contributed by atoms with E-state index in [4.69, 9.17) is 9.47 Å². The maximum Gasteiger partial charge on any atom is 0.326 e. The minimum Gasteiger partial charge on any atom is -0.480 e. The fourth-order valence-electron chi connectivity index (χ4n) is 6.96. The van der Waals surface area contributed by atoms with Crippen molar-refractivity contribution in [2.45, 2.75) is 103 Å². The van der Waals surface area contributed by atoms with Gasteiger partial charge >= 0.3 is 5.97 Å². The lowest BCUT2D eigenvalue weighted by Crippen LogP contribution is -2.41. The van der Waals surface area contributed by atoms with E-state index < -0.39 is 12.0 Å². The van der Waals surface area contributed by atoms with Crippen LogP contribution in [0, 0.1) is 18.8 Å². The van der Waals surface area contributed by atoms with Gasteiger partial charge in [0, 0.05) is 45.0 Å². The fraction of sp³-hybridized carbons (Fsp3) is 0.632. The quantitative estimate of drug-likeness (QED) is 0.202. The molecule has 256 valence electrons. The third-order valence-corrected chi connectivity index (χ3v) is 9.95. The van der Waals surface area contributed by atoms with Crippen molar-refractivity contribution >= 4 is 23.6 Å². The molecule has 0 bridgehead atoms. The molecule has 1 amide bonds. The molecule has 1 saturated carbocycles. The van der Waals surface area contributed by atoms with Crippen molar-refractivity contribution in [2.24, 2.45) is 11.8 Å². The number of carbonyl (C=O) groups is 2. The number of carbonyl (C=O) groups excluding carboxylic acids is 1. The first-order valence-electron chi connectivity index (χ1n) is 17.1. The van der Waals surface area contributed by atoms with E-state index >= 15 is 0 Å². The number of ether oxygens (including phenoxy) is 2. The number of likely N-dealkylation sites (tertiary alicyclic amines) is 1. The Balaban J connectivity index is 0.000000875. The predicted octanol–water partition coefficient (Wildman–Crippen LogP) is 7.84. The standard InChI is InChI=1S/C33H46N2O4S.C5H12O/c1-23-9-7-8-12-28(23)30-20-25(13-16-29(30)32(36)34-31(33(37)38)17-18-40-3)21-35-26(14-15-27(35)22-39-2)19-24-10-5-4-6-11-24;1-5(2)4-6-3/h7-9,12-13,16,20,24,26-27,31H,4-6,10-11,14-15,17-19,21-22H2,1-3H3,(H,34,36)(H,37,38);5H,4H2,1-3H3.